The maximum Gasteiger partial charge on any atom is 0.229 e. The van der Waals surface area contributed by atoms with Crippen LogP contribution in [0.2, 0.25) is 0 Å². The van der Waals surface area contributed by atoms with Crippen molar-refractivity contribution in [1.82, 2.24) is 9.97 Å². The molecule has 0 aliphatic rings. The van der Waals surface area contributed by atoms with Crippen molar-refractivity contribution in [2.45, 2.75) is 13.8 Å². The van der Waals surface area contributed by atoms with Crippen LogP contribution >= 0.6 is 0 Å². The SMILES string of the molecule is C=C/C(C)=C(\C=C(/C)COCCOC)Nc1nc(Nc2cccc(C#N)c2)ncc1N. The maximum absolute atomic E-state index is 9.07. The lowest BCUT2D eigenvalue weighted by atomic mass is 10.1. The summed E-state index contributed by atoms with van der Waals surface area (Å²) in [6.07, 6.45) is 5.24. The van der Waals surface area contributed by atoms with Gasteiger partial charge in [-0.3, -0.25) is 0 Å². The molecule has 4 N–H and O–H groups in total. The Bertz CT molecular complexity index is 1010. The van der Waals surface area contributed by atoms with Crippen molar-refractivity contribution in [3.05, 3.63) is 71.6 Å². The second kappa shape index (κ2) is 12.1. The molecule has 8 heteroatoms. The molecule has 0 bridgehead atoms. The minimum absolute atomic E-state index is 0.353. The first-order chi connectivity index (χ1) is 15.0. The van der Waals surface area contributed by atoms with Crippen LogP contribution in [-0.4, -0.2) is 36.9 Å². The van der Waals surface area contributed by atoms with Crippen LogP contribution in [0.25, 0.3) is 0 Å². The van der Waals surface area contributed by atoms with E-state index in [-0.39, 0.29) is 0 Å². The van der Waals surface area contributed by atoms with Crippen molar-refractivity contribution in [1.29, 1.82) is 5.26 Å². The summed E-state index contributed by atoms with van der Waals surface area (Å²) in [5, 5.41) is 15.4. The summed E-state index contributed by atoms with van der Waals surface area (Å²) >= 11 is 0. The van der Waals surface area contributed by atoms with E-state index in [1.54, 1.807) is 31.4 Å². The molecule has 0 saturated heterocycles. The highest BCUT2D eigenvalue weighted by atomic mass is 16.5. The number of nitrogen functional groups attached to an aromatic ring is 1. The lowest BCUT2D eigenvalue weighted by Crippen LogP contribution is -2.09. The molecule has 2 aromatic rings. The lowest BCUT2D eigenvalue weighted by Gasteiger charge is -2.14. The molecule has 0 aliphatic heterocycles. The van der Waals surface area contributed by atoms with Crippen molar-refractivity contribution in [3.8, 4) is 6.07 Å². The van der Waals surface area contributed by atoms with Crippen LogP contribution in [0.15, 0.2) is 66.0 Å². The minimum Gasteiger partial charge on any atom is -0.394 e. The quantitative estimate of drug-likeness (QED) is 0.366. The van der Waals surface area contributed by atoms with Gasteiger partial charge in [-0.25, -0.2) is 4.98 Å². The molecule has 0 fully saturated rings. The predicted molar refractivity (Wildman–Crippen MR) is 124 cm³/mol. The van der Waals surface area contributed by atoms with Crippen LogP contribution in [0.3, 0.4) is 0 Å². The Hall–Kier alpha value is -3.67. The zero-order chi connectivity index (χ0) is 22.6. The number of benzene rings is 1. The standard InChI is InChI=1S/C23H28N6O2/c1-5-17(3)21(11-16(2)15-31-10-9-30-4)28-22-20(25)14-26-23(29-22)27-19-8-6-7-18(12-19)13-24/h5-8,11-12,14H,1,9-10,15,25H2,2-4H3,(H2,26,27,28,29)/b16-11+,21-17+. The van der Waals surface area contributed by atoms with Gasteiger partial charge in [0.1, 0.15) is 0 Å². The molecule has 0 atom stereocenters. The van der Waals surface area contributed by atoms with Gasteiger partial charge in [0.05, 0.1) is 43.3 Å². The maximum atomic E-state index is 9.07. The molecular formula is C23H28N6O2. The first-order valence-corrected chi connectivity index (χ1v) is 9.70. The molecule has 0 amide bonds. The van der Waals surface area contributed by atoms with E-state index in [4.69, 9.17) is 20.5 Å². The molecule has 8 nitrogen and oxygen atoms in total. The van der Waals surface area contributed by atoms with Crippen LogP contribution in [0, 0.1) is 11.3 Å². The smallest absolute Gasteiger partial charge is 0.229 e. The molecule has 1 heterocycles. The van der Waals surface area contributed by atoms with Gasteiger partial charge < -0.3 is 25.8 Å². The number of nitrogens with two attached hydrogens (primary N) is 1. The lowest BCUT2D eigenvalue weighted by molar-refractivity contribution is 0.0823. The summed E-state index contributed by atoms with van der Waals surface area (Å²) < 4.78 is 10.6. The Morgan fingerprint density at radius 2 is 2.13 bits per heavy atom. The van der Waals surface area contributed by atoms with E-state index in [0.29, 0.717) is 48.5 Å². The number of aromatic nitrogens is 2. The van der Waals surface area contributed by atoms with E-state index < -0.39 is 0 Å². The molecule has 0 radical (unpaired) electrons. The third-order valence-corrected chi connectivity index (χ3v) is 4.20. The molecule has 0 unspecified atom stereocenters. The van der Waals surface area contributed by atoms with Crippen molar-refractivity contribution >= 4 is 23.1 Å². The molecule has 1 aromatic carbocycles. The van der Waals surface area contributed by atoms with Gasteiger partial charge >= 0.3 is 0 Å². The van der Waals surface area contributed by atoms with Crippen molar-refractivity contribution < 1.29 is 9.47 Å². The monoisotopic (exact) mass is 420 g/mol. The molecule has 162 valence electrons. The van der Waals surface area contributed by atoms with Crippen LogP contribution in [0.5, 0.6) is 0 Å². The summed E-state index contributed by atoms with van der Waals surface area (Å²) in [4.78, 5) is 8.71. The Labute approximate surface area is 183 Å². The van der Waals surface area contributed by atoms with Crippen molar-refractivity contribution in [2.75, 3.05) is 43.3 Å². The van der Waals surface area contributed by atoms with Crippen molar-refractivity contribution in [2.24, 2.45) is 0 Å². The summed E-state index contributed by atoms with van der Waals surface area (Å²) in [5.74, 6) is 0.806. The highest BCUT2D eigenvalue weighted by molar-refractivity contribution is 5.67. The average molecular weight is 421 g/mol. The fourth-order valence-corrected chi connectivity index (χ4v) is 2.50. The molecule has 0 spiro atoms. The Morgan fingerprint density at radius 3 is 2.84 bits per heavy atom. The Morgan fingerprint density at radius 1 is 1.32 bits per heavy atom. The van der Waals surface area contributed by atoms with Crippen LogP contribution in [0.1, 0.15) is 19.4 Å². The van der Waals surface area contributed by atoms with E-state index in [1.165, 1.54) is 6.20 Å². The molecule has 0 saturated carbocycles. The van der Waals surface area contributed by atoms with E-state index in [0.717, 1.165) is 16.8 Å². The van der Waals surface area contributed by atoms with Gasteiger partial charge in [-0.15, -0.1) is 0 Å². The van der Waals surface area contributed by atoms with Gasteiger partial charge in [0.2, 0.25) is 5.95 Å². The van der Waals surface area contributed by atoms with Gasteiger partial charge in [-0.1, -0.05) is 18.7 Å². The third-order valence-electron chi connectivity index (χ3n) is 4.20. The topological polar surface area (TPSA) is 118 Å². The van der Waals surface area contributed by atoms with Gasteiger partial charge in [-0.05, 0) is 49.3 Å². The van der Waals surface area contributed by atoms with E-state index in [2.05, 4.69) is 33.2 Å². The summed E-state index contributed by atoms with van der Waals surface area (Å²) in [6.45, 7) is 9.31. The second-order valence-electron chi connectivity index (χ2n) is 6.78. The number of nitrogens with one attached hydrogen (secondary N) is 2. The fraction of sp³-hybridized carbons (Fsp3) is 0.261. The summed E-state index contributed by atoms with van der Waals surface area (Å²) in [5.41, 5.74) is 10.5. The van der Waals surface area contributed by atoms with E-state index in [1.807, 2.05) is 26.0 Å². The molecule has 2 rings (SSSR count). The van der Waals surface area contributed by atoms with Crippen LogP contribution in [-0.2, 0) is 9.47 Å². The minimum atomic E-state index is 0.353. The van der Waals surface area contributed by atoms with Crippen LogP contribution in [0.4, 0.5) is 23.1 Å². The number of rotatable bonds is 11. The number of allylic oxidation sites excluding steroid dienone is 3. The zero-order valence-electron chi connectivity index (χ0n) is 18.1. The number of methoxy groups -OCH3 is 1. The highest BCUT2D eigenvalue weighted by Crippen LogP contribution is 2.22. The molecule has 1 aromatic heterocycles. The fourth-order valence-electron chi connectivity index (χ4n) is 2.50. The van der Waals surface area contributed by atoms with Crippen molar-refractivity contribution in [3.63, 3.8) is 0 Å². The molecule has 31 heavy (non-hydrogen) atoms. The first kappa shape index (κ1) is 23.6. The Balaban J connectivity index is 2.21. The number of anilines is 4. The summed E-state index contributed by atoms with van der Waals surface area (Å²) in [6, 6.07) is 9.17. The number of nitrogens with zero attached hydrogens (tertiary/aromatic N) is 3. The molecule has 0 aliphatic carbocycles. The largest absolute Gasteiger partial charge is 0.394 e. The number of hydrogen-bond acceptors (Lipinski definition) is 8. The van der Waals surface area contributed by atoms with Gasteiger partial charge in [0.15, 0.2) is 5.82 Å². The van der Waals surface area contributed by atoms with Crippen LogP contribution < -0.4 is 16.4 Å². The van der Waals surface area contributed by atoms with Gasteiger partial charge in [0.25, 0.3) is 0 Å². The second-order valence-corrected chi connectivity index (χ2v) is 6.78. The molecular weight excluding hydrogens is 392 g/mol. The van der Waals surface area contributed by atoms with Gasteiger partial charge in [-0.2, -0.15) is 10.2 Å². The predicted octanol–water partition coefficient (Wildman–Crippen LogP) is 4.16. The normalized spacial score (nSPS) is 12.0. The first-order valence-electron chi connectivity index (χ1n) is 9.70. The number of ether oxygens (including phenoxy) is 2. The van der Waals surface area contributed by atoms with E-state index in [9.17, 15) is 0 Å². The number of nitriles is 1. The summed E-state index contributed by atoms with van der Waals surface area (Å²) in [7, 11) is 1.64. The highest BCUT2D eigenvalue weighted by Gasteiger charge is 2.08. The third kappa shape index (κ3) is 7.59. The van der Waals surface area contributed by atoms with E-state index >= 15 is 0 Å². The Kier molecular flexibility index (Phi) is 9.23. The van der Waals surface area contributed by atoms with Gasteiger partial charge in [0, 0.05) is 18.5 Å². The zero-order valence-corrected chi connectivity index (χ0v) is 18.1. The number of hydrogen-bond donors (Lipinski definition) is 3. The average Bonchev–Trinajstić information content (AvgIpc) is 2.78.